The summed E-state index contributed by atoms with van der Waals surface area (Å²) in [6.07, 6.45) is -0.123. The average Bonchev–Trinajstić information content (AvgIpc) is 3.05. The smallest absolute Gasteiger partial charge is 0.307 e. The quantitative estimate of drug-likeness (QED) is 0.819. The number of halogens is 2. The number of carboxylic acids is 1. The normalized spacial score (nSPS) is 20.7. The van der Waals surface area contributed by atoms with Gasteiger partial charge >= 0.3 is 5.97 Å². The van der Waals surface area contributed by atoms with Gasteiger partial charge in [0, 0.05) is 17.7 Å². The molecule has 1 aliphatic heterocycles. The van der Waals surface area contributed by atoms with E-state index in [0.29, 0.717) is 17.0 Å². The standard InChI is InChI=1S/C16H13BrFNO4S/c1-7-8(6-13(21)22)14-9(2-3-10(20)15(14)18)19(7)16(23)11-4-5-12(17)24-11/h4-5,9H,2-3,6H2,1H3,(H,21,22). The molecule has 2 aliphatic rings. The monoisotopic (exact) mass is 413 g/mol. The molecule has 1 amide bonds. The molecule has 0 saturated carbocycles. The lowest BCUT2D eigenvalue weighted by Gasteiger charge is -2.29. The highest BCUT2D eigenvalue weighted by atomic mass is 79.9. The van der Waals surface area contributed by atoms with Gasteiger partial charge in [-0.15, -0.1) is 11.3 Å². The fourth-order valence-corrected chi connectivity index (χ4v) is 4.52. The molecular formula is C16H13BrFNO4S. The van der Waals surface area contributed by atoms with E-state index >= 15 is 0 Å². The second-order valence-corrected chi connectivity index (χ2v) is 8.08. The molecule has 0 saturated heterocycles. The van der Waals surface area contributed by atoms with E-state index in [-0.39, 0.29) is 23.5 Å². The van der Waals surface area contributed by atoms with Crippen LogP contribution in [0.5, 0.6) is 0 Å². The Morgan fingerprint density at radius 2 is 2.17 bits per heavy atom. The van der Waals surface area contributed by atoms with Gasteiger partial charge in [0.1, 0.15) is 0 Å². The van der Waals surface area contributed by atoms with Crippen LogP contribution in [0.1, 0.15) is 35.9 Å². The zero-order chi connectivity index (χ0) is 17.6. The van der Waals surface area contributed by atoms with Crippen LogP contribution in [0.3, 0.4) is 0 Å². The molecule has 1 aliphatic carbocycles. The van der Waals surface area contributed by atoms with Crippen molar-refractivity contribution in [1.29, 1.82) is 0 Å². The van der Waals surface area contributed by atoms with Crippen LogP contribution in [0.2, 0.25) is 0 Å². The number of aliphatic carboxylic acids is 1. The Balaban J connectivity index is 2.10. The number of carboxylic acid groups (broad SMARTS) is 1. The zero-order valence-corrected chi connectivity index (χ0v) is 15.0. The van der Waals surface area contributed by atoms with Gasteiger partial charge in [-0.25, -0.2) is 4.39 Å². The van der Waals surface area contributed by atoms with Gasteiger partial charge < -0.3 is 10.0 Å². The summed E-state index contributed by atoms with van der Waals surface area (Å²) in [5.74, 6) is -2.99. The molecule has 0 radical (unpaired) electrons. The first-order valence-electron chi connectivity index (χ1n) is 7.25. The van der Waals surface area contributed by atoms with Crippen molar-refractivity contribution in [2.24, 2.45) is 0 Å². The Morgan fingerprint density at radius 1 is 1.46 bits per heavy atom. The number of hydrogen-bond donors (Lipinski definition) is 1. The maximum absolute atomic E-state index is 14.4. The van der Waals surface area contributed by atoms with Crippen molar-refractivity contribution in [3.05, 3.63) is 43.5 Å². The molecule has 2 heterocycles. The second-order valence-electron chi connectivity index (χ2n) is 5.62. The minimum atomic E-state index is -1.13. The summed E-state index contributed by atoms with van der Waals surface area (Å²) in [4.78, 5) is 37.6. The van der Waals surface area contributed by atoms with E-state index in [1.807, 2.05) is 0 Å². The third-order valence-electron chi connectivity index (χ3n) is 4.23. The summed E-state index contributed by atoms with van der Waals surface area (Å²) in [5.41, 5.74) is 0.689. The van der Waals surface area contributed by atoms with Crippen LogP contribution in [0.4, 0.5) is 4.39 Å². The molecule has 126 valence electrons. The fourth-order valence-electron chi connectivity index (χ4n) is 3.20. The van der Waals surface area contributed by atoms with E-state index in [1.165, 1.54) is 16.2 Å². The Labute approximate surface area is 149 Å². The molecule has 1 aromatic rings. The zero-order valence-electron chi connectivity index (χ0n) is 12.6. The summed E-state index contributed by atoms with van der Waals surface area (Å²) >= 11 is 4.55. The maximum atomic E-state index is 14.4. The molecule has 0 fully saturated rings. The predicted molar refractivity (Wildman–Crippen MR) is 89.3 cm³/mol. The SMILES string of the molecule is CC1=C(CC(=O)O)C2=C(F)C(=O)CCC2N1C(=O)c1ccc(Br)s1. The maximum Gasteiger partial charge on any atom is 0.307 e. The lowest BCUT2D eigenvalue weighted by molar-refractivity contribution is -0.136. The van der Waals surface area contributed by atoms with E-state index in [2.05, 4.69) is 15.9 Å². The molecular weight excluding hydrogens is 401 g/mol. The van der Waals surface area contributed by atoms with Crippen molar-refractivity contribution in [3.8, 4) is 0 Å². The van der Waals surface area contributed by atoms with Crippen LogP contribution in [0.25, 0.3) is 0 Å². The summed E-state index contributed by atoms with van der Waals surface area (Å²) in [6, 6.07) is 2.78. The number of hydrogen-bond acceptors (Lipinski definition) is 4. The Morgan fingerprint density at radius 3 is 2.75 bits per heavy atom. The van der Waals surface area contributed by atoms with Crippen molar-refractivity contribution in [2.45, 2.75) is 32.2 Å². The highest BCUT2D eigenvalue weighted by molar-refractivity contribution is 9.11. The topological polar surface area (TPSA) is 74.7 Å². The number of rotatable bonds is 3. The minimum Gasteiger partial charge on any atom is -0.481 e. The molecule has 0 aromatic carbocycles. The summed E-state index contributed by atoms with van der Waals surface area (Å²) in [6.45, 7) is 1.60. The summed E-state index contributed by atoms with van der Waals surface area (Å²) < 4.78 is 15.2. The second kappa shape index (κ2) is 6.25. The van der Waals surface area contributed by atoms with E-state index < -0.39 is 30.0 Å². The molecule has 1 aromatic heterocycles. The van der Waals surface area contributed by atoms with Crippen LogP contribution < -0.4 is 0 Å². The number of nitrogens with zero attached hydrogens (tertiary/aromatic N) is 1. The number of amides is 1. The van der Waals surface area contributed by atoms with Gasteiger partial charge in [-0.05, 0) is 47.0 Å². The summed E-state index contributed by atoms with van der Waals surface area (Å²) in [5, 5.41) is 9.11. The molecule has 5 nitrogen and oxygen atoms in total. The van der Waals surface area contributed by atoms with Crippen molar-refractivity contribution in [3.63, 3.8) is 0 Å². The van der Waals surface area contributed by atoms with Gasteiger partial charge in [0.2, 0.25) is 0 Å². The Kier molecular flexibility index (Phi) is 4.44. The van der Waals surface area contributed by atoms with Crippen molar-refractivity contribution in [2.75, 3.05) is 0 Å². The van der Waals surface area contributed by atoms with Crippen LogP contribution in [0.15, 0.2) is 38.6 Å². The largest absolute Gasteiger partial charge is 0.481 e. The Hall–Kier alpha value is -1.80. The first-order valence-corrected chi connectivity index (χ1v) is 8.86. The van der Waals surface area contributed by atoms with E-state index in [1.54, 1.807) is 19.1 Å². The van der Waals surface area contributed by atoms with E-state index in [0.717, 1.165) is 3.79 Å². The summed E-state index contributed by atoms with van der Waals surface area (Å²) in [7, 11) is 0. The van der Waals surface area contributed by atoms with Gasteiger partial charge in [-0.2, -0.15) is 0 Å². The van der Waals surface area contributed by atoms with Gasteiger partial charge in [0.15, 0.2) is 11.6 Å². The lowest BCUT2D eigenvalue weighted by Crippen LogP contribution is -2.38. The molecule has 0 spiro atoms. The van der Waals surface area contributed by atoms with Crippen LogP contribution >= 0.6 is 27.3 Å². The van der Waals surface area contributed by atoms with Gasteiger partial charge in [-0.1, -0.05) is 0 Å². The third-order valence-corrected chi connectivity index (χ3v) is 5.84. The van der Waals surface area contributed by atoms with E-state index in [4.69, 9.17) is 5.11 Å². The molecule has 1 unspecified atom stereocenters. The van der Waals surface area contributed by atoms with Gasteiger partial charge in [0.05, 0.1) is 21.1 Å². The van der Waals surface area contributed by atoms with Crippen LogP contribution in [-0.2, 0) is 9.59 Å². The Bertz CT molecular complexity index is 826. The number of thiophene rings is 1. The van der Waals surface area contributed by atoms with Crippen LogP contribution in [-0.4, -0.2) is 33.7 Å². The molecule has 1 atom stereocenters. The van der Waals surface area contributed by atoms with Gasteiger partial charge in [0.25, 0.3) is 5.91 Å². The molecule has 3 rings (SSSR count). The van der Waals surface area contributed by atoms with E-state index in [9.17, 15) is 18.8 Å². The number of allylic oxidation sites excluding steroid dienone is 2. The highest BCUT2D eigenvalue weighted by Crippen LogP contribution is 2.44. The molecule has 1 N–H and O–H groups in total. The first kappa shape index (κ1) is 17.0. The minimum absolute atomic E-state index is 0.00550. The van der Waals surface area contributed by atoms with Crippen molar-refractivity contribution in [1.82, 2.24) is 4.90 Å². The van der Waals surface area contributed by atoms with Crippen molar-refractivity contribution < 1.29 is 23.9 Å². The number of fused-ring (bicyclic) bond motifs is 1. The predicted octanol–water partition coefficient (Wildman–Crippen LogP) is 3.67. The number of ketones is 1. The fraction of sp³-hybridized carbons (Fsp3) is 0.312. The average molecular weight is 414 g/mol. The molecule has 0 bridgehead atoms. The van der Waals surface area contributed by atoms with Crippen LogP contribution in [0, 0.1) is 0 Å². The molecule has 8 heteroatoms. The highest BCUT2D eigenvalue weighted by Gasteiger charge is 2.44. The number of carbonyl (C=O) groups excluding carboxylic acids is 2. The van der Waals surface area contributed by atoms with Gasteiger partial charge in [-0.3, -0.25) is 14.4 Å². The molecule has 24 heavy (non-hydrogen) atoms. The third kappa shape index (κ3) is 2.73. The first-order chi connectivity index (χ1) is 11.3. The number of Topliss-reactive ketones (excluding diaryl/α,β-unsaturated/α-hetero) is 1. The van der Waals surface area contributed by atoms with Crippen molar-refractivity contribution >= 4 is 44.9 Å². The lowest BCUT2D eigenvalue weighted by atomic mass is 9.88. The number of carbonyl (C=O) groups is 3.